The molecule has 3 aromatic rings. The molecule has 2 aliphatic rings. The Balaban J connectivity index is 1.19. The number of halogens is 1. The van der Waals surface area contributed by atoms with Crippen molar-refractivity contribution >= 4 is 52.5 Å². The molecule has 14 heteroatoms. The van der Waals surface area contributed by atoms with Crippen LogP contribution < -0.4 is 0 Å². The van der Waals surface area contributed by atoms with Gasteiger partial charge in [-0.1, -0.05) is 44.5 Å². The molecule has 11 nitrogen and oxygen atoms in total. The first-order chi connectivity index (χ1) is 20.5. The van der Waals surface area contributed by atoms with Gasteiger partial charge in [-0.2, -0.15) is 0 Å². The number of hydrogen-bond acceptors (Lipinski definition) is 8. The molecule has 1 saturated heterocycles. The third-order valence-corrected chi connectivity index (χ3v) is 15.5. The number of amides is 2. The molecule has 2 aromatic carbocycles. The summed E-state index contributed by atoms with van der Waals surface area (Å²) in [7, 11) is -5.99. The lowest BCUT2D eigenvalue weighted by Crippen LogP contribution is -2.57. The van der Waals surface area contributed by atoms with Gasteiger partial charge in [0.05, 0.1) is 35.2 Å². The molecule has 44 heavy (non-hydrogen) atoms. The molecule has 0 radical (unpaired) electrons. The first kappa shape index (κ1) is 32.6. The van der Waals surface area contributed by atoms with Gasteiger partial charge in [0.2, 0.25) is 0 Å². The summed E-state index contributed by atoms with van der Waals surface area (Å²) in [5, 5.41) is 16.3. The van der Waals surface area contributed by atoms with Crippen LogP contribution in [-0.2, 0) is 32.2 Å². The average molecular weight is 662 g/mol. The monoisotopic (exact) mass is 661 g/mol. The Labute approximate surface area is 264 Å². The second-order valence-electron chi connectivity index (χ2n) is 13.0. The van der Waals surface area contributed by atoms with Crippen LogP contribution in [-0.4, -0.2) is 96.3 Å². The number of piperazine rings is 1. The predicted octanol–water partition coefficient (Wildman–Crippen LogP) is 4.20. The van der Waals surface area contributed by atoms with Gasteiger partial charge in [0.15, 0.2) is 18.2 Å². The first-order valence-corrected chi connectivity index (χ1v) is 19.6. The van der Waals surface area contributed by atoms with Gasteiger partial charge in [0, 0.05) is 31.2 Å². The second-order valence-corrected chi connectivity index (χ2v) is 20.3. The van der Waals surface area contributed by atoms with E-state index in [1.54, 1.807) is 33.8 Å². The van der Waals surface area contributed by atoms with Crippen LogP contribution in [0.5, 0.6) is 0 Å². The Morgan fingerprint density at radius 1 is 1.09 bits per heavy atom. The number of carbonyl (C=O) groups excluding carboxylic acids is 2. The molecule has 0 bridgehead atoms. The maximum atomic E-state index is 13.5. The molecule has 2 aliphatic heterocycles. The van der Waals surface area contributed by atoms with E-state index in [1.807, 2.05) is 11.9 Å². The summed E-state index contributed by atoms with van der Waals surface area (Å²) < 4.78 is 34.1. The smallest absolute Gasteiger partial charge is 0.344 e. The van der Waals surface area contributed by atoms with Gasteiger partial charge in [0.25, 0.3) is 5.91 Å². The van der Waals surface area contributed by atoms with Crippen molar-refractivity contribution in [2.45, 2.75) is 70.0 Å². The quantitative estimate of drug-likeness (QED) is 0.356. The molecule has 2 amide bonds. The Hall–Kier alpha value is -2.81. The van der Waals surface area contributed by atoms with Gasteiger partial charge in [-0.05, 0) is 60.1 Å². The summed E-state index contributed by atoms with van der Waals surface area (Å²) in [4.78, 5) is 32.7. The highest BCUT2D eigenvalue weighted by molar-refractivity contribution is 7.91. The number of sulfone groups is 1. The van der Waals surface area contributed by atoms with Crippen LogP contribution in [0.4, 0.5) is 4.79 Å². The number of nitrogens with zero attached hydrogens (tertiary/aromatic N) is 5. The summed E-state index contributed by atoms with van der Waals surface area (Å²) in [5.74, 6) is -0.787. The minimum Gasteiger partial charge on any atom is -0.409 e. The summed E-state index contributed by atoms with van der Waals surface area (Å²) >= 11 is 6.02. The van der Waals surface area contributed by atoms with Crippen LogP contribution in [0.15, 0.2) is 41.3 Å². The maximum Gasteiger partial charge on any atom is 0.344 e. The SMILES string of the molecule is Cc1nc(CO[Si](C)(C)C(C)(C)C)n2c1CN(N1CCN(C(=O)[C@H](O)CS(=O)(=O)c3ccc4cc(Cl)ccc4c3)CC1)C2=O. The van der Waals surface area contributed by atoms with Gasteiger partial charge in [-0.25, -0.2) is 27.8 Å². The second kappa shape index (κ2) is 11.8. The highest BCUT2D eigenvalue weighted by Gasteiger charge is 2.41. The highest BCUT2D eigenvalue weighted by Crippen LogP contribution is 2.37. The Morgan fingerprint density at radius 2 is 1.73 bits per heavy atom. The van der Waals surface area contributed by atoms with Gasteiger partial charge < -0.3 is 14.4 Å². The average Bonchev–Trinajstić information content (AvgIpc) is 3.46. The van der Waals surface area contributed by atoms with E-state index < -0.39 is 35.9 Å². The molecule has 1 aromatic heterocycles. The van der Waals surface area contributed by atoms with E-state index in [0.717, 1.165) is 16.8 Å². The van der Waals surface area contributed by atoms with Crippen molar-refractivity contribution in [2.24, 2.45) is 0 Å². The van der Waals surface area contributed by atoms with E-state index in [9.17, 15) is 23.1 Å². The molecule has 0 unspecified atom stereocenters. The molecule has 0 spiro atoms. The van der Waals surface area contributed by atoms with Crippen molar-refractivity contribution in [3.05, 3.63) is 58.6 Å². The molecule has 3 heterocycles. The van der Waals surface area contributed by atoms with Crippen LogP contribution in [0.3, 0.4) is 0 Å². The van der Waals surface area contributed by atoms with E-state index >= 15 is 0 Å². The topological polar surface area (TPSA) is 125 Å². The minimum atomic E-state index is -3.94. The lowest BCUT2D eigenvalue weighted by molar-refractivity contribution is -0.143. The zero-order chi connectivity index (χ0) is 32.2. The van der Waals surface area contributed by atoms with Crippen molar-refractivity contribution in [1.82, 2.24) is 24.5 Å². The number of aryl methyl sites for hydroxylation is 1. The maximum absolute atomic E-state index is 13.5. The number of aromatic nitrogens is 2. The van der Waals surface area contributed by atoms with Gasteiger partial charge in [0.1, 0.15) is 11.9 Å². The molecule has 0 aliphatic carbocycles. The summed E-state index contributed by atoms with van der Waals surface area (Å²) in [5.41, 5.74) is 1.60. The van der Waals surface area contributed by atoms with Crippen LogP contribution >= 0.6 is 11.6 Å². The summed E-state index contributed by atoms with van der Waals surface area (Å²) in [6.07, 6.45) is -1.71. The van der Waals surface area contributed by atoms with E-state index in [4.69, 9.17) is 16.0 Å². The molecule has 1 atom stereocenters. The molecule has 5 rings (SSSR count). The van der Waals surface area contributed by atoms with Crippen LogP contribution in [0, 0.1) is 6.92 Å². The van der Waals surface area contributed by atoms with Gasteiger partial charge in [-0.15, -0.1) is 0 Å². The van der Waals surface area contributed by atoms with Gasteiger partial charge in [-0.3, -0.25) is 9.80 Å². The van der Waals surface area contributed by atoms with Crippen molar-refractivity contribution in [1.29, 1.82) is 0 Å². The number of hydrogen-bond donors (Lipinski definition) is 1. The van der Waals surface area contributed by atoms with Crippen molar-refractivity contribution in [3.8, 4) is 0 Å². The van der Waals surface area contributed by atoms with Crippen LogP contribution in [0.1, 0.15) is 38.0 Å². The number of imidazole rings is 1. The molecular formula is C30H40ClN5O6SSi. The van der Waals surface area contributed by atoms with Crippen molar-refractivity contribution in [3.63, 3.8) is 0 Å². The van der Waals surface area contributed by atoms with Crippen LogP contribution in [0.2, 0.25) is 23.2 Å². The minimum absolute atomic E-state index is 0.0269. The number of rotatable bonds is 8. The molecule has 238 valence electrons. The molecular weight excluding hydrogens is 622 g/mol. The number of aliphatic hydroxyl groups excluding tert-OH is 1. The van der Waals surface area contributed by atoms with E-state index in [-0.39, 0.29) is 35.7 Å². The Morgan fingerprint density at radius 3 is 2.39 bits per heavy atom. The number of carbonyl (C=O) groups is 2. The number of benzene rings is 2. The summed E-state index contributed by atoms with van der Waals surface area (Å²) in [6, 6.07) is 9.55. The number of aliphatic hydroxyl groups is 1. The van der Waals surface area contributed by atoms with Crippen molar-refractivity contribution < 1.29 is 27.5 Å². The first-order valence-electron chi connectivity index (χ1n) is 14.7. The molecule has 1 N–H and O–H groups in total. The fraction of sp³-hybridized carbons (Fsp3) is 0.500. The lowest BCUT2D eigenvalue weighted by Gasteiger charge is -2.39. The normalized spacial score (nSPS) is 17.4. The van der Waals surface area contributed by atoms with E-state index in [0.29, 0.717) is 35.9 Å². The highest BCUT2D eigenvalue weighted by atomic mass is 35.5. The third kappa shape index (κ3) is 6.31. The van der Waals surface area contributed by atoms with Crippen molar-refractivity contribution in [2.75, 3.05) is 31.9 Å². The van der Waals surface area contributed by atoms with Crippen LogP contribution in [0.25, 0.3) is 10.8 Å². The standard InChI is InChI=1S/C30H40ClN5O6SSi/c1-20-25-17-35(29(39)36(25)27(32-20)18-42-44(5,6)30(2,3)4)34-13-11-33(12-14-34)28(38)26(37)19-43(40,41)24-10-8-21-15-23(31)9-7-22(21)16-24/h7-10,15-16,26,37H,11-14,17-19H2,1-6H3/t26-/m1/s1. The van der Waals surface area contributed by atoms with E-state index in [1.165, 1.54) is 17.0 Å². The lowest BCUT2D eigenvalue weighted by atomic mass is 10.1. The number of hydrazine groups is 1. The third-order valence-electron chi connectivity index (χ3n) is 9.03. The zero-order valence-electron chi connectivity index (χ0n) is 26.0. The Bertz CT molecular complexity index is 1710. The zero-order valence-corrected chi connectivity index (χ0v) is 28.6. The molecule has 1 fully saturated rings. The fourth-order valence-electron chi connectivity index (χ4n) is 5.27. The fourth-order valence-corrected chi connectivity index (χ4v) is 7.71. The van der Waals surface area contributed by atoms with E-state index in [2.05, 4.69) is 38.8 Å². The molecule has 0 saturated carbocycles. The largest absolute Gasteiger partial charge is 0.409 e. The van der Waals surface area contributed by atoms with Gasteiger partial charge >= 0.3 is 6.03 Å². The predicted molar refractivity (Wildman–Crippen MR) is 170 cm³/mol. The summed E-state index contributed by atoms with van der Waals surface area (Å²) in [6.45, 7) is 14.5. The number of fused-ring (bicyclic) bond motifs is 2. The Kier molecular flexibility index (Phi) is 8.77.